The Morgan fingerprint density at radius 2 is 1.70 bits per heavy atom. The van der Waals surface area contributed by atoms with Crippen LogP contribution in [-0.4, -0.2) is 24.9 Å². The molecule has 0 atom stereocenters. The number of nitro benzene ring substituents is 1. The molecule has 0 amide bonds. The van der Waals surface area contributed by atoms with E-state index < -0.39 is 14.9 Å². The molecular formula is C20H19N3O6S. The number of pyridine rings is 1. The molecule has 2 aromatic carbocycles. The van der Waals surface area contributed by atoms with Gasteiger partial charge in [-0.05, 0) is 55.0 Å². The SMILES string of the molecule is CCOc1ccc(Oc2cc(CNS(=O)(=O)c3ccc([N+](=O)[O-])cc3)ccn2)cc1. The molecule has 3 aromatic rings. The smallest absolute Gasteiger partial charge is 0.269 e. The van der Waals surface area contributed by atoms with Gasteiger partial charge in [0, 0.05) is 30.9 Å². The number of nitrogens with one attached hydrogen (secondary N) is 1. The lowest BCUT2D eigenvalue weighted by molar-refractivity contribution is -0.384. The Bertz CT molecular complexity index is 1120. The molecule has 1 aromatic heterocycles. The first-order valence-corrected chi connectivity index (χ1v) is 10.5. The van der Waals surface area contributed by atoms with Crippen molar-refractivity contribution in [3.8, 4) is 17.4 Å². The topological polar surface area (TPSA) is 121 Å². The standard InChI is InChI=1S/C20H19N3O6S/c1-2-28-17-5-7-18(8-6-17)29-20-13-15(11-12-21-20)14-22-30(26,27)19-9-3-16(4-10-19)23(24)25/h3-13,22H,2,14H2,1H3. The van der Waals surface area contributed by atoms with Gasteiger partial charge in [0.15, 0.2) is 0 Å². The van der Waals surface area contributed by atoms with E-state index in [9.17, 15) is 18.5 Å². The number of non-ortho nitro benzene ring substituents is 1. The molecule has 0 aliphatic carbocycles. The van der Waals surface area contributed by atoms with Crippen molar-refractivity contribution in [1.29, 1.82) is 0 Å². The first-order chi connectivity index (χ1) is 14.4. The summed E-state index contributed by atoms with van der Waals surface area (Å²) in [5, 5.41) is 10.7. The van der Waals surface area contributed by atoms with E-state index in [2.05, 4.69) is 9.71 Å². The maximum absolute atomic E-state index is 12.4. The Morgan fingerprint density at radius 3 is 2.33 bits per heavy atom. The number of benzene rings is 2. The zero-order valence-corrected chi connectivity index (χ0v) is 16.8. The van der Waals surface area contributed by atoms with Crippen molar-refractivity contribution in [1.82, 2.24) is 9.71 Å². The number of aromatic nitrogens is 1. The third-order valence-corrected chi connectivity index (χ3v) is 5.40. The van der Waals surface area contributed by atoms with E-state index in [1.165, 1.54) is 18.3 Å². The van der Waals surface area contributed by atoms with Gasteiger partial charge in [-0.15, -0.1) is 0 Å². The number of nitro groups is 1. The predicted molar refractivity (Wildman–Crippen MR) is 109 cm³/mol. The highest BCUT2D eigenvalue weighted by molar-refractivity contribution is 7.89. The average Bonchev–Trinajstić information content (AvgIpc) is 2.74. The highest BCUT2D eigenvalue weighted by Gasteiger charge is 2.16. The van der Waals surface area contributed by atoms with E-state index in [1.54, 1.807) is 36.4 Å². The Balaban J connectivity index is 1.65. The van der Waals surface area contributed by atoms with Gasteiger partial charge < -0.3 is 9.47 Å². The van der Waals surface area contributed by atoms with Crippen molar-refractivity contribution in [2.75, 3.05) is 6.61 Å². The maximum atomic E-state index is 12.4. The van der Waals surface area contributed by atoms with Crippen LogP contribution in [0.15, 0.2) is 71.8 Å². The molecule has 156 valence electrons. The molecule has 0 aliphatic heterocycles. The van der Waals surface area contributed by atoms with E-state index in [0.29, 0.717) is 23.8 Å². The molecule has 10 heteroatoms. The van der Waals surface area contributed by atoms with Crippen LogP contribution in [0.3, 0.4) is 0 Å². The zero-order valence-electron chi connectivity index (χ0n) is 16.0. The fourth-order valence-corrected chi connectivity index (χ4v) is 3.53. The lowest BCUT2D eigenvalue weighted by Gasteiger charge is -2.09. The first-order valence-electron chi connectivity index (χ1n) is 8.97. The monoisotopic (exact) mass is 429 g/mol. The number of hydrogen-bond donors (Lipinski definition) is 1. The molecule has 0 saturated heterocycles. The lowest BCUT2D eigenvalue weighted by Crippen LogP contribution is -2.23. The average molecular weight is 429 g/mol. The van der Waals surface area contributed by atoms with Crippen molar-refractivity contribution < 1.29 is 22.8 Å². The fraction of sp³-hybridized carbons (Fsp3) is 0.150. The molecule has 0 fully saturated rings. The Morgan fingerprint density at radius 1 is 1.03 bits per heavy atom. The summed E-state index contributed by atoms with van der Waals surface area (Å²) in [7, 11) is -3.83. The summed E-state index contributed by atoms with van der Waals surface area (Å²) in [5.41, 5.74) is 0.454. The zero-order chi connectivity index (χ0) is 21.6. The van der Waals surface area contributed by atoms with Crippen LogP contribution >= 0.6 is 0 Å². The third-order valence-electron chi connectivity index (χ3n) is 3.98. The lowest BCUT2D eigenvalue weighted by atomic mass is 10.3. The molecule has 0 unspecified atom stereocenters. The van der Waals surface area contributed by atoms with Gasteiger partial charge in [0.05, 0.1) is 16.4 Å². The minimum atomic E-state index is -3.83. The minimum absolute atomic E-state index is 0.00147. The van der Waals surface area contributed by atoms with Crippen molar-refractivity contribution in [3.63, 3.8) is 0 Å². The van der Waals surface area contributed by atoms with Gasteiger partial charge >= 0.3 is 0 Å². The summed E-state index contributed by atoms with van der Waals surface area (Å²) in [6.07, 6.45) is 1.51. The van der Waals surface area contributed by atoms with Crippen LogP contribution in [0.5, 0.6) is 17.4 Å². The normalized spacial score (nSPS) is 11.1. The molecule has 1 heterocycles. The first kappa shape index (κ1) is 21.2. The van der Waals surface area contributed by atoms with Gasteiger partial charge in [-0.2, -0.15) is 0 Å². The van der Waals surface area contributed by atoms with Crippen LogP contribution in [0.2, 0.25) is 0 Å². The second kappa shape index (κ2) is 9.33. The molecule has 3 rings (SSSR count). The number of nitrogens with zero attached hydrogens (tertiary/aromatic N) is 2. The van der Waals surface area contributed by atoms with E-state index in [-0.39, 0.29) is 17.1 Å². The van der Waals surface area contributed by atoms with Crippen LogP contribution in [-0.2, 0) is 16.6 Å². The molecule has 0 bridgehead atoms. The van der Waals surface area contributed by atoms with Gasteiger partial charge in [-0.25, -0.2) is 18.1 Å². The van der Waals surface area contributed by atoms with E-state index in [0.717, 1.165) is 17.9 Å². The second-order valence-electron chi connectivity index (χ2n) is 6.08. The number of ether oxygens (including phenoxy) is 2. The molecule has 0 saturated carbocycles. The third kappa shape index (κ3) is 5.52. The van der Waals surface area contributed by atoms with Crippen LogP contribution in [0.1, 0.15) is 12.5 Å². The molecule has 0 spiro atoms. The largest absolute Gasteiger partial charge is 0.494 e. The highest BCUT2D eigenvalue weighted by Crippen LogP contribution is 2.23. The number of hydrogen-bond acceptors (Lipinski definition) is 7. The van der Waals surface area contributed by atoms with E-state index >= 15 is 0 Å². The summed E-state index contributed by atoms with van der Waals surface area (Å²) >= 11 is 0. The number of sulfonamides is 1. The minimum Gasteiger partial charge on any atom is -0.494 e. The van der Waals surface area contributed by atoms with Crippen LogP contribution in [0.4, 0.5) is 5.69 Å². The summed E-state index contributed by atoms with van der Waals surface area (Å²) in [5.74, 6) is 1.60. The molecule has 9 nitrogen and oxygen atoms in total. The summed E-state index contributed by atoms with van der Waals surface area (Å²) < 4.78 is 38.3. The van der Waals surface area contributed by atoms with E-state index in [1.807, 2.05) is 6.92 Å². The van der Waals surface area contributed by atoms with Gasteiger partial charge in [0.25, 0.3) is 5.69 Å². The molecule has 30 heavy (non-hydrogen) atoms. The summed E-state index contributed by atoms with van der Waals surface area (Å²) in [6.45, 7) is 2.47. The van der Waals surface area contributed by atoms with Gasteiger partial charge in [0.1, 0.15) is 11.5 Å². The van der Waals surface area contributed by atoms with Crippen LogP contribution in [0, 0.1) is 10.1 Å². The summed E-state index contributed by atoms with van der Waals surface area (Å²) in [4.78, 5) is 14.2. The van der Waals surface area contributed by atoms with E-state index in [4.69, 9.17) is 9.47 Å². The quantitative estimate of drug-likeness (QED) is 0.407. The molecule has 0 radical (unpaired) electrons. The summed E-state index contributed by atoms with van der Waals surface area (Å²) in [6, 6.07) is 15.0. The Labute approximate surface area is 173 Å². The Kier molecular flexibility index (Phi) is 6.60. The van der Waals surface area contributed by atoms with Crippen molar-refractivity contribution in [3.05, 3.63) is 82.5 Å². The van der Waals surface area contributed by atoms with Gasteiger partial charge in [-0.3, -0.25) is 10.1 Å². The fourth-order valence-electron chi connectivity index (χ4n) is 2.52. The molecular weight excluding hydrogens is 410 g/mol. The van der Waals surface area contributed by atoms with Crippen LogP contribution in [0.25, 0.3) is 0 Å². The number of rotatable bonds is 9. The maximum Gasteiger partial charge on any atom is 0.269 e. The van der Waals surface area contributed by atoms with Gasteiger partial charge in [0.2, 0.25) is 15.9 Å². The molecule has 1 N–H and O–H groups in total. The highest BCUT2D eigenvalue weighted by atomic mass is 32.2. The van der Waals surface area contributed by atoms with Crippen LogP contribution < -0.4 is 14.2 Å². The Hall–Kier alpha value is -3.50. The molecule has 0 aliphatic rings. The van der Waals surface area contributed by atoms with Gasteiger partial charge in [-0.1, -0.05) is 0 Å². The van der Waals surface area contributed by atoms with Crippen molar-refractivity contribution in [2.45, 2.75) is 18.4 Å². The van der Waals surface area contributed by atoms with Crippen molar-refractivity contribution >= 4 is 15.7 Å². The second-order valence-corrected chi connectivity index (χ2v) is 7.85. The predicted octanol–water partition coefficient (Wildman–Crippen LogP) is 3.66. The van der Waals surface area contributed by atoms with Crippen molar-refractivity contribution in [2.24, 2.45) is 0 Å².